The number of benzene rings is 3. The van der Waals surface area contributed by atoms with Crippen molar-refractivity contribution in [3.63, 3.8) is 0 Å². The molecular weight excluding hydrogens is 408 g/mol. The molecule has 4 rings (SSSR count). The van der Waals surface area contributed by atoms with E-state index in [1.165, 1.54) is 17.5 Å². The van der Waals surface area contributed by atoms with Crippen LogP contribution in [-0.4, -0.2) is 14.3 Å². The van der Waals surface area contributed by atoms with Crippen molar-refractivity contribution in [3.8, 4) is 0 Å². The molecule has 3 aromatic carbocycles. The fraction of sp³-hybridized carbons (Fsp3) is 0.240. The van der Waals surface area contributed by atoms with Gasteiger partial charge in [0.25, 0.3) is 15.9 Å². The molecule has 0 saturated carbocycles. The van der Waals surface area contributed by atoms with Gasteiger partial charge in [0.2, 0.25) is 0 Å². The third-order valence-electron chi connectivity index (χ3n) is 5.76. The highest BCUT2D eigenvalue weighted by atomic mass is 32.2. The number of nitrogens with one attached hydrogen (secondary N) is 2. The second kappa shape index (κ2) is 8.55. The molecule has 3 aromatic rings. The van der Waals surface area contributed by atoms with Crippen molar-refractivity contribution in [2.75, 3.05) is 4.72 Å². The Morgan fingerprint density at radius 3 is 2.42 bits per heavy atom. The van der Waals surface area contributed by atoms with Crippen LogP contribution in [0.2, 0.25) is 0 Å². The molecule has 0 bridgehead atoms. The molecule has 160 valence electrons. The van der Waals surface area contributed by atoms with Gasteiger partial charge < -0.3 is 5.32 Å². The normalized spacial score (nSPS) is 14.0. The van der Waals surface area contributed by atoms with E-state index in [-0.39, 0.29) is 16.8 Å². The molecule has 0 saturated heterocycles. The smallest absolute Gasteiger partial charge is 0.261 e. The second-order valence-corrected chi connectivity index (χ2v) is 9.71. The van der Waals surface area contributed by atoms with Crippen molar-refractivity contribution in [1.29, 1.82) is 0 Å². The first-order valence-corrected chi connectivity index (χ1v) is 11.9. The number of carbonyl (C=O) groups is 1. The first-order valence-electron chi connectivity index (χ1n) is 10.4. The SMILES string of the molecule is Cc1cc(C(=O)N[C@H](C)c2ccc3c(c2)CCC3)ccc1NS(=O)(=O)c1ccccc1. The van der Waals surface area contributed by atoms with Crippen LogP contribution in [0.15, 0.2) is 71.6 Å². The first kappa shape index (κ1) is 21.1. The number of anilines is 1. The molecule has 31 heavy (non-hydrogen) atoms. The topological polar surface area (TPSA) is 75.3 Å². The van der Waals surface area contributed by atoms with E-state index < -0.39 is 10.0 Å². The Morgan fingerprint density at radius 2 is 1.68 bits per heavy atom. The maximum absolute atomic E-state index is 12.8. The lowest BCUT2D eigenvalue weighted by Gasteiger charge is -2.17. The molecule has 0 radical (unpaired) electrons. The summed E-state index contributed by atoms with van der Waals surface area (Å²) >= 11 is 0. The van der Waals surface area contributed by atoms with Gasteiger partial charge in [0.1, 0.15) is 0 Å². The molecule has 0 aromatic heterocycles. The lowest BCUT2D eigenvalue weighted by molar-refractivity contribution is 0.0940. The van der Waals surface area contributed by atoms with Crippen molar-refractivity contribution in [2.45, 2.75) is 44.0 Å². The molecule has 0 heterocycles. The van der Waals surface area contributed by atoms with E-state index in [2.05, 4.69) is 28.2 Å². The zero-order valence-corrected chi connectivity index (χ0v) is 18.5. The summed E-state index contributed by atoms with van der Waals surface area (Å²) in [6, 6.07) is 19.5. The number of fused-ring (bicyclic) bond motifs is 1. The van der Waals surface area contributed by atoms with Gasteiger partial charge in [0, 0.05) is 5.56 Å². The minimum atomic E-state index is -3.68. The van der Waals surface area contributed by atoms with Crippen LogP contribution >= 0.6 is 0 Å². The standard InChI is InChI=1S/C25H26N2O3S/c1-17-15-22(13-14-24(17)27-31(29,30)23-9-4-3-5-10-23)25(28)26-18(2)20-12-11-19-7-6-8-21(19)16-20/h3-5,9-16,18,27H,6-8H2,1-2H3,(H,26,28)/t18-/m1/s1. The molecule has 2 N–H and O–H groups in total. The van der Waals surface area contributed by atoms with Gasteiger partial charge in [0.05, 0.1) is 16.6 Å². The zero-order valence-electron chi connectivity index (χ0n) is 17.7. The molecule has 1 amide bonds. The van der Waals surface area contributed by atoms with Crippen LogP contribution in [0.3, 0.4) is 0 Å². The molecule has 0 unspecified atom stereocenters. The van der Waals surface area contributed by atoms with Crippen molar-refractivity contribution in [1.82, 2.24) is 5.32 Å². The van der Waals surface area contributed by atoms with Gasteiger partial charge in [-0.3, -0.25) is 9.52 Å². The summed E-state index contributed by atoms with van der Waals surface area (Å²) < 4.78 is 27.7. The third-order valence-corrected chi connectivity index (χ3v) is 7.14. The van der Waals surface area contributed by atoms with Crippen molar-refractivity contribution >= 4 is 21.6 Å². The Balaban J connectivity index is 1.46. The quantitative estimate of drug-likeness (QED) is 0.586. The molecular formula is C25H26N2O3S. The maximum Gasteiger partial charge on any atom is 0.261 e. The summed E-state index contributed by atoms with van der Waals surface area (Å²) in [6.45, 7) is 3.76. The highest BCUT2D eigenvalue weighted by Gasteiger charge is 2.18. The molecule has 0 fully saturated rings. The lowest BCUT2D eigenvalue weighted by atomic mass is 10.0. The van der Waals surface area contributed by atoms with Crippen LogP contribution in [0.25, 0.3) is 0 Å². The van der Waals surface area contributed by atoms with Gasteiger partial charge in [-0.15, -0.1) is 0 Å². The first-order chi connectivity index (χ1) is 14.8. The van der Waals surface area contributed by atoms with E-state index in [0.717, 1.165) is 18.4 Å². The van der Waals surface area contributed by atoms with E-state index >= 15 is 0 Å². The number of hydrogen-bond donors (Lipinski definition) is 2. The Labute approximate surface area is 183 Å². The third kappa shape index (κ3) is 4.64. The largest absolute Gasteiger partial charge is 0.346 e. The van der Waals surface area contributed by atoms with E-state index in [1.807, 2.05) is 6.92 Å². The number of rotatable bonds is 6. The predicted octanol–water partition coefficient (Wildman–Crippen LogP) is 4.78. The number of sulfonamides is 1. The summed E-state index contributed by atoms with van der Waals surface area (Å²) in [5, 5.41) is 3.05. The van der Waals surface area contributed by atoms with Crippen LogP contribution in [0, 0.1) is 6.92 Å². The number of amides is 1. The average Bonchev–Trinajstić information content (AvgIpc) is 3.23. The van der Waals surface area contributed by atoms with Crippen LogP contribution < -0.4 is 10.0 Å². The van der Waals surface area contributed by atoms with E-state index in [9.17, 15) is 13.2 Å². The minimum Gasteiger partial charge on any atom is -0.346 e. The molecule has 1 aliphatic rings. The fourth-order valence-electron chi connectivity index (χ4n) is 3.95. The number of aryl methyl sites for hydroxylation is 3. The predicted molar refractivity (Wildman–Crippen MR) is 123 cm³/mol. The minimum absolute atomic E-state index is 0.116. The maximum atomic E-state index is 12.8. The van der Waals surface area contributed by atoms with Gasteiger partial charge in [-0.2, -0.15) is 0 Å². The second-order valence-electron chi connectivity index (χ2n) is 8.03. The highest BCUT2D eigenvalue weighted by Crippen LogP contribution is 2.26. The van der Waals surface area contributed by atoms with Crippen molar-refractivity contribution < 1.29 is 13.2 Å². The Bertz CT molecular complexity index is 1220. The van der Waals surface area contributed by atoms with E-state index in [4.69, 9.17) is 0 Å². The lowest BCUT2D eigenvalue weighted by Crippen LogP contribution is -2.27. The fourth-order valence-corrected chi connectivity index (χ4v) is 5.10. The number of carbonyl (C=O) groups excluding carboxylic acids is 1. The van der Waals surface area contributed by atoms with Crippen LogP contribution in [-0.2, 0) is 22.9 Å². The zero-order chi connectivity index (χ0) is 22.0. The average molecular weight is 435 g/mol. The van der Waals surface area contributed by atoms with Crippen molar-refractivity contribution in [2.24, 2.45) is 0 Å². The van der Waals surface area contributed by atoms with Crippen LogP contribution in [0.1, 0.15) is 52.0 Å². The van der Waals surface area contributed by atoms with Gasteiger partial charge in [-0.25, -0.2) is 8.42 Å². The molecule has 0 aliphatic heterocycles. The van der Waals surface area contributed by atoms with Gasteiger partial charge >= 0.3 is 0 Å². The molecule has 5 nitrogen and oxygen atoms in total. The summed E-state index contributed by atoms with van der Waals surface area (Å²) in [7, 11) is -3.68. The number of hydrogen-bond acceptors (Lipinski definition) is 3. The molecule has 1 atom stereocenters. The molecule has 1 aliphatic carbocycles. The van der Waals surface area contributed by atoms with E-state index in [1.54, 1.807) is 55.5 Å². The summed E-state index contributed by atoms with van der Waals surface area (Å²) in [5.41, 5.74) is 5.51. The van der Waals surface area contributed by atoms with Crippen LogP contribution in [0.4, 0.5) is 5.69 Å². The molecule has 0 spiro atoms. The van der Waals surface area contributed by atoms with Gasteiger partial charge in [-0.1, -0.05) is 36.4 Å². The summed E-state index contributed by atoms with van der Waals surface area (Å²) in [5.74, 6) is -0.187. The summed E-state index contributed by atoms with van der Waals surface area (Å²) in [4.78, 5) is 13.0. The van der Waals surface area contributed by atoms with Gasteiger partial charge in [-0.05, 0) is 85.7 Å². The monoisotopic (exact) mass is 434 g/mol. The van der Waals surface area contributed by atoms with E-state index in [0.29, 0.717) is 16.8 Å². The molecule has 6 heteroatoms. The Kier molecular flexibility index (Phi) is 5.83. The summed E-state index contributed by atoms with van der Waals surface area (Å²) in [6.07, 6.45) is 3.43. The highest BCUT2D eigenvalue weighted by molar-refractivity contribution is 7.92. The Hall–Kier alpha value is -3.12. The Morgan fingerprint density at radius 1 is 0.935 bits per heavy atom. The van der Waals surface area contributed by atoms with Gasteiger partial charge in [0.15, 0.2) is 0 Å². The van der Waals surface area contributed by atoms with Crippen molar-refractivity contribution in [3.05, 3.63) is 94.5 Å². The van der Waals surface area contributed by atoms with Crippen LogP contribution in [0.5, 0.6) is 0 Å².